The second-order valence-corrected chi connectivity index (χ2v) is 7.06. The summed E-state index contributed by atoms with van der Waals surface area (Å²) in [6.45, 7) is 4.25. The number of rotatable bonds is 6. The molecule has 3 unspecified atom stereocenters. The summed E-state index contributed by atoms with van der Waals surface area (Å²) in [5.41, 5.74) is 0. The van der Waals surface area contributed by atoms with E-state index in [0.29, 0.717) is 19.4 Å². The molecule has 0 bridgehead atoms. The first-order valence-electron chi connectivity index (χ1n) is 5.94. The lowest BCUT2D eigenvalue weighted by Crippen LogP contribution is -2.22. The molecule has 3 atom stereocenters. The van der Waals surface area contributed by atoms with Gasteiger partial charge in [0.05, 0.1) is 24.6 Å². The first-order valence-corrected chi connectivity index (χ1v) is 7.77. The molecule has 0 aliphatic carbocycles. The Morgan fingerprint density at radius 1 is 1.50 bits per heavy atom. The lowest BCUT2D eigenvalue weighted by molar-refractivity contribution is 0.0753. The van der Waals surface area contributed by atoms with Crippen molar-refractivity contribution < 1.29 is 18.3 Å². The lowest BCUT2D eigenvalue weighted by atomic mass is 9.96. The zero-order valence-electron chi connectivity index (χ0n) is 10.1. The van der Waals surface area contributed by atoms with Gasteiger partial charge in [-0.2, -0.15) is 0 Å². The number of hydrogen-bond acceptors (Lipinski definition) is 4. The predicted molar refractivity (Wildman–Crippen MR) is 63.1 cm³/mol. The monoisotopic (exact) mass is 250 g/mol. The van der Waals surface area contributed by atoms with E-state index in [1.807, 2.05) is 6.92 Å². The molecule has 1 fully saturated rings. The van der Waals surface area contributed by atoms with E-state index in [1.165, 1.54) is 0 Å². The highest BCUT2D eigenvalue weighted by atomic mass is 32.2. The third kappa shape index (κ3) is 4.39. The summed E-state index contributed by atoms with van der Waals surface area (Å²) in [5.74, 6) is 0.551. The molecular weight excluding hydrogens is 228 g/mol. The molecular formula is C11H22O4S. The molecule has 0 spiro atoms. The summed E-state index contributed by atoms with van der Waals surface area (Å²) in [7, 11) is -2.89. The summed E-state index contributed by atoms with van der Waals surface area (Å²) in [6, 6.07) is 0. The molecule has 0 saturated carbocycles. The Balaban J connectivity index is 2.23. The number of aliphatic hydroxyl groups excluding tert-OH is 1. The van der Waals surface area contributed by atoms with Gasteiger partial charge in [0, 0.05) is 11.7 Å². The predicted octanol–water partition coefficient (Wildman–Crippen LogP) is 0.987. The van der Waals surface area contributed by atoms with Gasteiger partial charge < -0.3 is 9.84 Å². The summed E-state index contributed by atoms with van der Waals surface area (Å²) in [4.78, 5) is 0. The van der Waals surface area contributed by atoms with Crippen LogP contribution in [0.15, 0.2) is 0 Å². The van der Waals surface area contributed by atoms with Crippen molar-refractivity contribution in [3.8, 4) is 0 Å². The number of sulfone groups is 1. The Morgan fingerprint density at radius 2 is 2.19 bits per heavy atom. The van der Waals surface area contributed by atoms with E-state index in [9.17, 15) is 13.5 Å². The second kappa shape index (κ2) is 5.98. The molecule has 1 aliphatic heterocycles. The van der Waals surface area contributed by atoms with E-state index in [1.54, 1.807) is 6.92 Å². The minimum atomic E-state index is -2.89. The lowest BCUT2D eigenvalue weighted by Gasteiger charge is -2.16. The van der Waals surface area contributed by atoms with Crippen molar-refractivity contribution in [2.24, 2.45) is 5.92 Å². The standard InChI is InChI=1S/C11H22O4S/c1-3-16(13,14)6-4-5-11(12)10-7-9(2)15-8-10/h9-12H,3-8H2,1-2H3. The highest BCUT2D eigenvalue weighted by Gasteiger charge is 2.28. The smallest absolute Gasteiger partial charge is 0.150 e. The number of aliphatic hydroxyl groups is 1. The molecule has 1 rings (SSSR count). The fourth-order valence-corrected chi connectivity index (χ4v) is 2.91. The van der Waals surface area contributed by atoms with Crippen molar-refractivity contribution in [1.29, 1.82) is 0 Å². The summed E-state index contributed by atoms with van der Waals surface area (Å²) < 4.78 is 27.9. The van der Waals surface area contributed by atoms with Gasteiger partial charge in [0.2, 0.25) is 0 Å². The van der Waals surface area contributed by atoms with Crippen LogP contribution in [-0.4, -0.2) is 43.8 Å². The molecule has 0 aromatic rings. The Labute approximate surface area is 97.9 Å². The van der Waals surface area contributed by atoms with Crippen LogP contribution in [0.25, 0.3) is 0 Å². The Kier molecular flexibility index (Phi) is 5.21. The third-order valence-corrected chi connectivity index (χ3v) is 4.96. The van der Waals surface area contributed by atoms with Crippen LogP contribution in [-0.2, 0) is 14.6 Å². The van der Waals surface area contributed by atoms with Gasteiger partial charge in [-0.05, 0) is 26.2 Å². The normalized spacial score (nSPS) is 28.2. The molecule has 1 saturated heterocycles. The van der Waals surface area contributed by atoms with E-state index in [0.717, 1.165) is 6.42 Å². The average molecular weight is 250 g/mol. The van der Waals surface area contributed by atoms with Crippen molar-refractivity contribution in [1.82, 2.24) is 0 Å². The molecule has 96 valence electrons. The molecule has 0 amide bonds. The van der Waals surface area contributed by atoms with E-state index < -0.39 is 15.9 Å². The van der Waals surface area contributed by atoms with Crippen LogP contribution in [0.4, 0.5) is 0 Å². The maximum absolute atomic E-state index is 11.2. The van der Waals surface area contributed by atoms with Gasteiger partial charge in [-0.15, -0.1) is 0 Å². The summed E-state index contributed by atoms with van der Waals surface area (Å²) >= 11 is 0. The van der Waals surface area contributed by atoms with Gasteiger partial charge >= 0.3 is 0 Å². The average Bonchev–Trinajstić information content (AvgIpc) is 2.64. The maximum Gasteiger partial charge on any atom is 0.150 e. The summed E-state index contributed by atoms with van der Waals surface area (Å²) in [6.07, 6.45) is 1.78. The molecule has 0 aromatic heterocycles. The van der Waals surface area contributed by atoms with Crippen LogP contribution >= 0.6 is 0 Å². The number of ether oxygens (including phenoxy) is 1. The van der Waals surface area contributed by atoms with E-state index in [4.69, 9.17) is 4.74 Å². The Hall–Kier alpha value is -0.130. The van der Waals surface area contributed by atoms with Crippen molar-refractivity contribution in [2.75, 3.05) is 18.1 Å². The molecule has 4 nitrogen and oxygen atoms in total. The van der Waals surface area contributed by atoms with Crippen molar-refractivity contribution in [2.45, 2.75) is 45.3 Å². The van der Waals surface area contributed by atoms with Gasteiger partial charge in [0.15, 0.2) is 0 Å². The Morgan fingerprint density at radius 3 is 2.69 bits per heavy atom. The summed E-state index contributed by atoms with van der Waals surface area (Å²) in [5, 5.41) is 9.86. The molecule has 5 heteroatoms. The van der Waals surface area contributed by atoms with Crippen LogP contribution in [0.1, 0.15) is 33.1 Å². The van der Waals surface area contributed by atoms with Crippen LogP contribution in [0, 0.1) is 5.92 Å². The SMILES string of the molecule is CCS(=O)(=O)CCCC(O)C1COC(C)C1. The first-order chi connectivity index (χ1) is 7.44. The molecule has 16 heavy (non-hydrogen) atoms. The molecule has 1 N–H and O–H groups in total. The first kappa shape index (κ1) is 13.9. The van der Waals surface area contributed by atoms with Crippen LogP contribution in [0.3, 0.4) is 0 Å². The van der Waals surface area contributed by atoms with Crippen molar-refractivity contribution >= 4 is 9.84 Å². The largest absolute Gasteiger partial charge is 0.393 e. The van der Waals surface area contributed by atoms with Crippen molar-refractivity contribution in [3.05, 3.63) is 0 Å². The minimum absolute atomic E-state index is 0.180. The van der Waals surface area contributed by atoms with Gasteiger partial charge in [-0.1, -0.05) is 6.92 Å². The van der Waals surface area contributed by atoms with Crippen molar-refractivity contribution in [3.63, 3.8) is 0 Å². The topological polar surface area (TPSA) is 63.6 Å². The fourth-order valence-electron chi connectivity index (χ4n) is 2.01. The van der Waals surface area contributed by atoms with Gasteiger partial charge in [0.25, 0.3) is 0 Å². The third-order valence-electron chi connectivity index (χ3n) is 3.17. The highest BCUT2D eigenvalue weighted by molar-refractivity contribution is 7.91. The van der Waals surface area contributed by atoms with Gasteiger partial charge in [0.1, 0.15) is 9.84 Å². The van der Waals surface area contributed by atoms with Gasteiger partial charge in [-0.3, -0.25) is 0 Å². The quantitative estimate of drug-likeness (QED) is 0.763. The zero-order valence-corrected chi connectivity index (χ0v) is 10.9. The van der Waals surface area contributed by atoms with E-state index in [-0.39, 0.29) is 23.5 Å². The second-order valence-electron chi connectivity index (χ2n) is 4.59. The van der Waals surface area contributed by atoms with E-state index >= 15 is 0 Å². The van der Waals surface area contributed by atoms with Gasteiger partial charge in [-0.25, -0.2) is 8.42 Å². The molecule has 0 aromatic carbocycles. The molecule has 1 heterocycles. The highest BCUT2D eigenvalue weighted by Crippen LogP contribution is 2.24. The van der Waals surface area contributed by atoms with Crippen LogP contribution in [0.5, 0.6) is 0 Å². The van der Waals surface area contributed by atoms with Crippen LogP contribution < -0.4 is 0 Å². The molecule has 1 aliphatic rings. The molecule has 0 radical (unpaired) electrons. The van der Waals surface area contributed by atoms with Crippen LogP contribution in [0.2, 0.25) is 0 Å². The Bertz CT molecular complexity index is 299. The zero-order chi connectivity index (χ0) is 12.2. The maximum atomic E-state index is 11.2. The minimum Gasteiger partial charge on any atom is -0.393 e. The number of hydrogen-bond donors (Lipinski definition) is 1. The fraction of sp³-hybridized carbons (Fsp3) is 1.00. The van der Waals surface area contributed by atoms with E-state index in [2.05, 4.69) is 0 Å².